The third-order valence-corrected chi connectivity index (χ3v) is 3.50. The van der Waals surface area contributed by atoms with E-state index in [1.54, 1.807) is 0 Å². The minimum absolute atomic E-state index is 0.629. The maximum Gasteiger partial charge on any atom is 0.0359 e. The first kappa shape index (κ1) is 6.06. The highest BCUT2D eigenvalue weighted by molar-refractivity contribution is 6.40. The molecule has 50 valence electrons. The van der Waals surface area contributed by atoms with E-state index in [4.69, 9.17) is 23.2 Å². The van der Waals surface area contributed by atoms with E-state index in [0.717, 1.165) is 10.1 Å². The smallest absolute Gasteiger partial charge is 0.0359 e. The van der Waals surface area contributed by atoms with Gasteiger partial charge in [-0.1, -0.05) is 23.2 Å². The van der Waals surface area contributed by atoms with E-state index < -0.39 is 0 Å². The van der Waals surface area contributed by atoms with Gasteiger partial charge in [0.25, 0.3) is 0 Å². The lowest BCUT2D eigenvalue weighted by Crippen LogP contribution is -1.93. The molecule has 1 fully saturated rings. The van der Waals surface area contributed by atoms with Gasteiger partial charge in [-0.3, -0.25) is 0 Å². The standard InChI is InChI=1S/C7H8Cl2/c8-6-4-1-2-5(3-4)7(6)9/h4-5H,1-3H2/t4-,5-/m1/s1. The van der Waals surface area contributed by atoms with Gasteiger partial charge < -0.3 is 0 Å². The van der Waals surface area contributed by atoms with Crippen molar-refractivity contribution < 1.29 is 0 Å². The normalized spacial score (nSPS) is 40.7. The lowest BCUT2D eigenvalue weighted by atomic mass is 10.1. The van der Waals surface area contributed by atoms with Crippen molar-refractivity contribution in [1.82, 2.24) is 0 Å². The minimum atomic E-state index is 0.629. The van der Waals surface area contributed by atoms with Gasteiger partial charge in [0.1, 0.15) is 0 Å². The summed E-state index contributed by atoms with van der Waals surface area (Å²) in [6.45, 7) is 0. The van der Waals surface area contributed by atoms with Crippen molar-refractivity contribution in [2.45, 2.75) is 19.3 Å². The molecular formula is C7H8Cl2. The van der Waals surface area contributed by atoms with Crippen molar-refractivity contribution in [1.29, 1.82) is 0 Å². The van der Waals surface area contributed by atoms with Gasteiger partial charge in [-0.2, -0.15) is 0 Å². The van der Waals surface area contributed by atoms with Gasteiger partial charge in [0.2, 0.25) is 0 Å². The maximum absolute atomic E-state index is 5.91. The molecule has 0 amide bonds. The fraction of sp³-hybridized carbons (Fsp3) is 0.714. The molecule has 0 N–H and O–H groups in total. The van der Waals surface area contributed by atoms with Crippen molar-refractivity contribution in [2.75, 3.05) is 0 Å². The van der Waals surface area contributed by atoms with E-state index >= 15 is 0 Å². The molecule has 0 aromatic carbocycles. The van der Waals surface area contributed by atoms with Crippen molar-refractivity contribution in [2.24, 2.45) is 11.8 Å². The Kier molecular flexibility index (Phi) is 1.28. The van der Waals surface area contributed by atoms with Crippen molar-refractivity contribution in [3.8, 4) is 0 Å². The molecule has 0 nitrogen and oxygen atoms in total. The average molecular weight is 163 g/mol. The fourth-order valence-corrected chi connectivity index (χ4v) is 2.54. The number of fused-ring (bicyclic) bond motifs is 2. The van der Waals surface area contributed by atoms with Crippen LogP contribution in [-0.4, -0.2) is 0 Å². The van der Waals surface area contributed by atoms with Crippen LogP contribution in [0.5, 0.6) is 0 Å². The molecule has 0 aromatic heterocycles. The molecule has 0 saturated heterocycles. The quantitative estimate of drug-likeness (QED) is 0.514. The zero-order valence-electron chi connectivity index (χ0n) is 5.03. The zero-order valence-corrected chi connectivity index (χ0v) is 6.54. The summed E-state index contributed by atoms with van der Waals surface area (Å²) in [6, 6.07) is 0. The summed E-state index contributed by atoms with van der Waals surface area (Å²) in [7, 11) is 0. The van der Waals surface area contributed by atoms with Crippen LogP contribution in [0.2, 0.25) is 0 Å². The van der Waals surface area contributed by atoms with E-state index in [1.807, 2.05) is 0 Å². The molecule has 0 aromatic rings. The first-order valence-corrected chi connectivity index (χ1v) is 4.09. The van der Waals surface area contributed by atoms with Crippen LogP contribution >= 0.6 is 23.2 Å². The predicted molar refractivity (Wildman–Crippen MR) is 39.6 cm³/mol. The van der Waals surface area contributed by atoms with E-state index in [1.165, 1.54) is 19.3 Å². The Balaban J connectivity index is 2.36. The van der Waals surface area contributed by atoms with Crippen LogP contribution in [0.25, 0.3) is 0 Å². The second kappa shape index (κ2) is 1.90. The van der Waals surface area contributed by atoms with Gasteiger partial charge in [0, 0.05) is 10.1 Å². The lowest BCUT2D eigenvalue weighted by molar-refractivity contribution is 0.682. The number of hydrogen-bond donors (Lipinski definition) is 0. The summed E-state index contributed by atoms with van der Waals surface area (Å²) in [5.41, 5.74) is 0. The molecule has 0 radical (unpaired) electrons. The van der Waals surface area contributed by atoms with Crippen molar-refractivity contribution >= 4 is 23.2 Å². The van der Waals surface area contributed by atoms with E-state index in [9.17, 15) is 0 Å². The zero-order chi connectivity index (χ0) is 6.43. The van der Waals surface area contributed by atoms with E-state index in [0.29, 0.717) is 11.8 Å². The van der Waals surface area contributed by atoms with Crippen LogP contribution in [0.15, 0.2) is 10.1 Å². The van der Waals surface area contributed by atoms with Gasteiger partial charge in [-0.25, -0.2) is 0 Å². The molecule has 2 aliphatic carbocycles. The highest BCUT2D eigenvalue weighted by Crippen LogP contribution is 2.51. The molecular weight excluding hydrogens is 155 g/mol. The maximum atomic E-state index is 5.91. The van der Waals surface area contributed by atoms with Crippen molar-refractivity contribution in [3.63, 3.8) is 0 Å². The van der Waals surface area contributed by atoms with E-state index in [-0.39, 0.29) is 0 Å². The van der Waals surface area contributed by atoms with Crippen LogP contribution in [0.4, 0.5) is 0 Å². The highest BCUT2D eigenvalue weighted by Gasteiger charge is 2.37. The van der Waals surface area contributed by atoms with Crippen LogP contribution in [0.3, 0.4) is 0 Å². The SMILES string of the molecule is ClC1=C(Cl)[C@@H]2CC[C@@H]1C2. The molecule has 2 atom stereocenters. The van der Waals surface area contributed by atoms with Gasteiger partial charge in [-0.15, -0.1) is 0 Å². The van der Waals surface area contributed by atoms with Crippen LogP contribution in [-0.2, 0) is 0 Å². The minimum Gasteiger partial charge on any atom is -0.0876 e. The molecule has 2 rings (SSSR count). The van der Waals surface area contributed by atoms with Crippen LogP contribution in [0.1, 0.15) is 19.3 Å². The first-order valence-electron chi connectivity index (χ1n) is 3.34. The molecule has 0 aliphatic heterocycles. The molecule has 2 heteroatoms. The third-order valence-electron chi connectivity index (χ3n) is 2.38. The summed E-state index contributed by atoms with van der Waals surface area (Å²) in [5, 5.41) is 1.90. The molecule has 1 saturated carbocycles. The Morgan fingerprint density at radius 2 is 1.44 bits per heavy atom. The van der Waals surface area contributed by atoms with Gasteiger partial charge in [0.15, 0.2) is 0 Å². The molecule has 2 aliphatic rings. The molecule has 9 heavy (non-hydrogen) atoms. The molecule has 2 bridgehead atoms. The second-order valence-electron chi connectivity index (χ2n) is 2.90. The number of halogens is 2. The highest BCUT2D eigenvalue weighted by atomic mass is 35.5. The Labute approximate surface area is 64.8 Å². The average Bonchev–Trinajstić information content (AvgIpc) is 2.37. The lowest BCUT2D eigenvalue weighted by Gasteiger charge is -2.08. The summed E-state index contributed by atoms with van der Waals surface area (Å²) in [5.74, 6) is 1.26. The second-order valence-corrected chi connectivity index (χ2v) is 3.72. The van der Waals surface area contributed by atoms with Gasteiger partial charge >= 0.3 is 0 Å². The molecule has 0 spiro atoms. The summed E-state index contributed by atoms with van der Waals surface area (Å²) in [6.07, 6.45) is 3.75. The Bertz CT molecular complexity index is 154. The molecule has 0 unspecified atom stereocenters. The Morgan fingerprint density at radius 1 is 1.00 bits per heavy atom. The fourth-order valence-electron chi connectivity index (χ4n) is 1.83. The number of allylic oxidation sites excluding steroid dienone is 2. The summed E-state index contributed by atoms with van der Waals surface area (Å²) < 4.78 is 0. The predicted octanol–water partition coefficient (Wildman–Crippen LogP) is 3.11. The van der Waals surface area contributed by atoms with Crippen molar-refractivity contribution in [3.05, 3.63) is 10.1 Å². The molecule has 0 heterocycles. The number of hydrogen-bond acceptors (Lipinski definition) is 0. The van der Waals surface area contributed by atoms with Crippen LogP contribution in [0, 0.1) is 11.8 Å². The van der Waals surface area contributed by atoms with Gasteiger partial charge in [0.05, 0.1) is 0 Å². The third kappa shape index (κ3) is 0.731. The first-order chi connectivity index (χ1) is 4.29. The summed E-state index contributed by atoms with van der Waals surface area (Å²) >= 11 is 11.8. The van der Waals surface area contributed by atoms with Gasteiger partial charge in [-0.05, 0) is 31.1 Å². The largest absolute Gasteiger partial charge is 0.0876 e. The van der Waals surface area contributed by atoms with E-state index in [2.05, 4.69) is 0 Å². The topological polar surface area (TPSA) is 0 Å². The summed E-state index contributed by atoms with van der Waals surface area (Å²) in [4.78, 5) is 0. The monoisotopic (exact) mass is 162 g/mol. The Morgan fingerprint density at radius 3 is 1.67 bits per heavy atom. The Hall–Kier alpha value is 0.320. The number of rotatable bonds is 0. The van der Waals surface area contributed by atoms with Crippen LogP contribution < -0.4 is 0 Å².